The Kier molecular flexibility index (Phi) is 4.61. The topological polar surface area (TPSA) is 56.6 Å². The highest BCUT2D eigenvalue weighted by Gasteiger charge is 2.30. The van der Waals surface area contributed by atoms with Gasteiger partial charge in [0.05, 0.1) is 12.1 Å². The molecule has 1 aromatic rings. The van der Waals surface area contributed by atoms with Crippen molar-refractivity contribution in [2.75, 3.05) is 18.0 Å². The van der Waals surface area contributed by atoms with Gasteiger partial charge in [0.25, 0.3) is 0 Å². The number of thiophene rings is 1. The summed E-state index contributed by atoms with van der Waals surface area (Å²) in [6.07, 6.45) is 6.51. The minimum absolute atomic E-state index is 0.289. The summed E-state index contributed by atoms with van der Waals surface area (Å²) in [7, 11) is 0. The maximum atomic E-state index is 12.3. The van der Waals surface area contributed by atoms with Gasteiger partial charge in [-0.15, -0.1) is 11.3 Å². The number of carbonyl (C=O) groups is 1. The summed E-state index contributed by atoms with van der Waals surface area (Å²) in [5, 5.41) is 10.6. The minimum atomic E-state index is -0.502. The summed E-state index contributed by atoms with van der Waals surface area (Å²) in [4.78, 5) is 17.3. The predicted molar refractivity (Wildman–Crippen MR) is 99.6 cm³/mol. The van der Waals surface area contributed by atoms with Gasteiger partial charge in [0, 0.05) is 24.2 Å². The number of ether oxygens (including phenoxy) is 1. The number of hydrogen-bond donors (Lipinski definition) is 0. The molecule has 0 radical (unpaired) electrons. The van der Waals surface area contributed by atoms with Crippen LogP contribution in [0.1, 0.15) is 43.7 Å². The summed E-state index contributed by atoms with van der Waals surface area (Å²) in [5.74, 6) is 0. The summed E-state index contributed by atoms with van der Waals surface area (Å²) >= 11 is 1.61. The Bertz CT molecular complexity index is 793. The molecular formula is C19H23N3O2S. The Labute approximate surface area is 152 Å². The van der Waals surface area contributed by atoms with E-state index < -0.39 is 5.60 Å². The molecule has 0 spiro atoms. The van der Waals surface area contributed by atoms with E-state index in [9.17, 15) is 10.1 Å². The van der Waals surface area contributed by atoms with Crippen molar-refractivity contribution in [2.24, 2.45) is 0 Å². The zero-order chi connectivity index (χ0) is 18.2. The van der Waals surface area contributed by atoms with Gasteiger partial charge >= 0.3 is 6.09 Å². The first-order valence-electron chi connectivity index (χ1n) is 8.41. The molecule has 3 heterocycles. The Morgan fingerprint density at radius 3 is 2.76 bits per heavy atom. The third-order valence-corrected chi connectivity index (χ3v) is 5.38. The lowest BCUT2D eigenvalue weighted by Crippen LogP contribution is -2.39. The van der Waals surface area contributed by atoms with E-state index in [1.807, 2.05) is 33.0 Å². The van der Waals surface area contributed by atoms with Crippen molar-refractivity contribution in [3.63, 3.8) is 0 Å². The Morgan fingerprint density at radius 2 is 2.12 bits per heavy atom. The van der Waals surface area contributed by atoms with Crippen molar-refractivity contribution in [1.29, 1.82) is 5.26 Å². The molecule has 0 unspecified atom stereocenters. The van der Waals surface area contributed by atoms with E-state index in [0.717, 1.165) is 27.5 Å². The van der Waals surface area contributed by atoms with Crippen molar-refractivity contribution in [3.8, 4) is 6.07 Å². The van der Waals surface area contributed by atoms with Gasteiger partial charge in [-0.3, -0.25) is 0 Å². The monoisotopic (exact) mass is 357 g/mol. The third-order valence-electron chi connectivity index (χ3n) is 4.13. The molecule has 0 bridgehead atoms. The van der Waals surface area contributed by atoms with Gasteiger partial charge in [-0.05, 0) is 45.8 Å². The Balaban J connectivity index is 1.84. The van der Waals surface area contributed by atoms with Crippen molar-refractivity contribution in [1.82, 2.24) is 4.90 Å². The lowest BCUT2D eigenvalue weighted by molar-refractivity contribution is 0.0226. The molecule has 0 saturated carbocycles. The fourth-order valence-corrected chi connectivity index (χ4v) is 4.31. The summed E-state index contributed by atoms with van der Waals surface area (Å²) in [6.45, 7) is 9.58. The number of rotatable bonds is 1. The molecule has 0 aliphatic carbocycles. The highest BCUT2D eigenvalue weighted by molar-refractivity contribution is 7.16. The van der Waals surface area contributed by atoms with Crippen molar-refractivity contribution < 1.29 is 9.53 Å². The van der Waals surface area contributed by atoms with E-state index in [1.165, 1.54) is 5.57 Å². The molecule has 0 N–H and O–H groups in total. The third kappa shape index (κ3) is 3.72. The fourth-order valence-electron chi connectivity index (χ4n) is 3.01. The first kappa shape index (κ1) is 17.6. The van der Waals surface area contributed by atoms with Crippen molar-refractivity contribution in [3.05, 3.63) is 39.9 Å². The molecule has 6 heteroatoms. The number of amides is 1. The average Bonchev–Trinajstić information content (AvgIpc) is 2.90. The van der Waals surface area contributed by atoms with Crippen LogP contribution >= 0.6 is 11.3 Å². The maximum Gasteiger partial charge on any atom is 0.410 e. The Hall–Kier alpha value is -2.26. The second-order valence-corrected chi connectivity index (χ2v) is 8.51. The van der Waals surface area contributed by atoms with Gasteiger partial charge in [-0.2, -0.15) is 5.26 Å². The molecule has 5 nitrogen and oxygen atoms in total. The van der Waals surface area contributed by atoms with Crippen LogP contribution in [0, 0.1) is 11.3 Å². The number of carbonyl (C=O) groups excluding carboxylic acids is 1. The molecule has 132 valence electrons. The molecule has 25 heavy (non-hydrogen) atoms. The molecular weight excluding hydrogens is 334 g/mol. The van der Waals surface area contributed by atoms with Crippen LogP contribution < -0.4 is 4.90 Å². The molecule has 0 saturated heterocycles. The normalized spacial score (nSPS) is 17.0. The van der Waals surface area contributed by atoms with E-state index >= 15 is 0 Å². The van der Waals surface area contributed by atoms with Crippen LogP contribution in [-0.4, -0.2) is 29.7 Å². The first-order valence-corrected chi connectivity index (χ1v) is 9.23. The zero-order valence-electron chi connectivity index (χ0n) is 15.1. The van der Waals surface area contributed by atoms with Crippen LogP contribution in [0.5, 0.6) is 0 Å². The summed E-state index contributed by atoms with van der Waals surface area (Å²) < 4.78 is 5.48. The molecule has 1 aromatic heterocycles. The lowest BCUT2D eigenvalue weighted by Gasteiger charge is -2.29. The lowest BCUT2D eigenvalue weighted by atomic mass is 10.0. The number of fused-ring (bicyclic) bond motifs is 1. The highest BCUT2D eigenvalue weighted by Crippen LogP contribution is 2.40. The molecule has 0 fully saturated rings. The largest absolute Gasteiger partial charge is 0.444 e. The molecule has 2 aliphatic heterocycles. The number of nitriles is 1. The van der Waals surface area contributed by atoms with E-state index in [0.29, 0.717) is 19.5 Å². The van der Waals surface area contributed by atoms with Crippen LogP contribution in [0.4, 0.5) is 9.80 Å². The molecule has 1 amide bonds. The molecule has 2 aliphatic rings. The maximum absolute atomic E-state index is 12.3. The van der Waals surface area contributed by atoms with Crippen LogP contribution in [0.15, 0.2) is 23.9 Å². The molecule has 3 rings (SSSR count). The number of anilines is 1. The van der Waals surface area contributed by atoms with Gasteiger partial charge in [0.2, 0.25) is 0 Å². The van der Waals surface area contributed by atoms with Gasteiger partial charge in [0.15, 0.2) is 0 Å². The number of nitrogens with zero attached hydrogens (tertiary/aromatic N) is 3. The molecule has 0 atom stereocenters. The van der Waals surface area contributed by atoms with Crippen LogP contribution in [0.2, 0.25) is 0 Å². The Morgan fingerprint density at radius 1 is 1.36 bits per heavy atom. The van der Waals surface area contributed by atoms with Gasteiger partial charge in [0.1, 0.15) is 16.7 Å². The first-order chi connectivity index (χ1) is 11.8. The quantitative estimate of drug-likeness (QED) is 0.756. The number of hydrogen-bond acceptors (Lipinski definition) is 5. The van der Waals surface area contributed by atoms with Gasteiger partial charge < -0.3 is 14.5 Å². The fraction of sp³-hybridized carbons (Fsp3) is 0.474. The smallest absolute Gasteiger partial charge is 0.410 e. The van der Waals surface area contributed by atoms with E-state index in [4.69, 9.17) is 4.74 Å². The summed E-state index contributed by atoms with van der Waals surface area (Å²) in [5.41, 5.74) is 2.59. The molecule has 0 aromatic carbocycles. The van der Waals surface area contributed by atoms with Gasteiger partial charge in [-0.25, -0.2) is 4.79 Å². The minimum Gasteiger partial charge on any atom is -0.444 e. The van der Waals surface area contributed by atoms with Crippen molar-refractivity contribution >= 4 is 22.4 Å². The van der Waals surface area contributed by atoms with Crippen LogP contribution in [-0.2, 0) is 17.7 Å². The second-order valence-electron chi connectivity index (χ2n) is 7.43. The van der Waals surface area contributed by atoms with E-state index in [-0.39, 0.29) is 6.09 Å². The highest BCUT2D eigenvalue weighted by atomic mass is 32.1. The standard InChI is InChI=1S/C19H23N3O2S/c1-13-6-5-8-21(11-13)17-15(10-20)14-7-9-22(12-16(14)25-17)18(23)24-19(2,3)4/h5-6,8H,7,9,11-12H2,1-4H3. The van der Waals surface area contributed by atoms with Crippen LogP contribution in [0.3, 0.4) is 0 Å². The van der Waals surface area contributed by atoms with E-state index in [2.05, 4.69) is 24.0 Å². The summed E-state index contributed by atoms with van der Waals surface area (Å²) in [6, 6.07) is 2.38. The number of allylic oxidation sites excluding steroid dienone is 2. The van der Waals surface area contributed by atoms with Gasteiger partial charge in [-0.1, -0.05) is 11.6 Å². The zero-order valence-corrected chi connectivity index (χ0v) is 15.9. The van der Waals surface area contributed by atoms with Crippen molar-refractivity contribution in [2.45, 2.75) is 46.3 Å². The second kappa shape index (κ2) is 6.57. The van der Waals surface area contributed by atoms with E-state index in [1.54, 1.807) is 16.2 Å². The predicted octanol–water partition coefficient (Wildman–Crippen LogP) is 4.19. The SMILES string of the molecule is CC1=CC=CN(c2sc3c(c2C#N)CCN(C(=O)OC(C)(C)C)C3)C1. The average molecular weight is 357 g/mol. The van der Waals surface area contributed by atoms with Crippen LogP contribution in [0.25, 0.3) is 0 Å².